The van der Waals surface area contributed by atoms with Gasteiger partial charge in [-0.05, 0) is 38.4 Å². The molecule has 1 aliphatic rings. The van der Waals surface area contributed by atoms with Gasteiger partial charge in [0.25, 0.3) is 0 Å². The summed E-state index contributed by atoms with van der Waals surface area (Å²) in [6, 6.07) is 12.3. The van der Waals surface area contributed by atoms with E-state index in [-0.39, 0.29) is 12.1 Å². The van der Waals surface area contributed by atoms with E-state index in [0.29, 0.717) is 12.4 Å². The molecule has 6 heteroatoms. The predicted octanol–water partition coefficient (Wildman–Crippen LogP) is 2.69. The Kier molecular flexibility index (Phi) is 5.15. The second-order valence-corrected chi connectivity index (χ2v) is 6.30. The molecule has 0 aliphatic carbocycles. The van der Waals surface area contributed by atoms with Gasteiger partial charge in [-0.3, -0.25) is 14.9 Å². The van der Waals surface area contributed by atoms with E-state index in [4.69, 9.17) is 0 Å². The largest absolute Gasteiger partial charge is 0.336 e. The summed E-state index contributed by atoms with van der Waals surface area (Å²) in [5, 5.41) is 10.1. The Bertz CT molecular complexity index is 676. The summed E-state index contributed by atoms with van der Waals surface area (Å²) >= 11 is 0. The van der Waals surface area contributed by atoms with Crippen molar-refractivity contribution in [2.75, 3.05) is 25.0 Å². The van der Waals surface area contributed by atoms with E-state index in [1.165, 1.54) is 18.4 Å². The van der Waals surface area contributed by atoms with Gasteiger partial charge in [-0.2, -0.15) is 5.10 Å². The number of anilines is 1. The van der Waals surface area contributed by atoms with Crippen molar-refractivity contribution in [3.63, 3.8) is 0 Å². The molecular formula is C18H25N5O. The van der Waals surface area contributed by atoms with E-state index in [9.17, 15) is 4.79 Å². The molecule has 2 amide bonds. The molecule has 0 bridgehead atoms. The molecule has 3 rings (SSSR count). The number of rotatable bonds is 5. The highest BCUT2D eigenvalue weighted by atomic mass is 16.2. The number of amides is 2. The Balaban J connectivity index is 1.62. The summed E-state index contributed by atoms with van der Waals surface area (Å²) in [7, 11) is 1.82. The molecular weight excluding hydrogens is 302 g/mol. The third-order valence-electron chi connectivity index (χ3n) is 4.47. The van der Waals surface area contributed by atoms with Crippen molar-refractivity contribution in [3.8, 4) is 0 Å². The van der Waals surface area contributed by atoms with Crippen LogP contribution in [0.4, 0.5) is 10.6 Å². The number of carbonyl (C=O) groups excluding carboxylic acids is 1. The molecule has 24 heavy (non-hydrogen) atoms. The molecule has 0 saturated carbocycles. The fourth-order valence-electron chi connectivity index (χ4n) is 3.26. The van der Waals surface area contributed by atoms with Gasteiger partial charge in [0.15, 0.2) is 0 Å². The van der Waals surface area contributed by atoms with Gasteiger partial charge in [-0.1, -0.05) is 30.3 Å². The molecule has 2 N–H and O–H groups in total. The molecule has 1 saturated heterocycles. The summed E-state index contributed by atoms with van der Waals surface area (Å²) in [4.78, 5) is 14.7. The van der Waals surface area contributed by atoms with E-state index in [0.717, 1.165) is 18.8 Å². The van der Waals surface area contributed by atoms with Crippen LogP contribution in [0.1, 0.15) is 30.1 Å². The Morgan fingerprint density at radius 3 is 2.58 bits per heavy atom. The topological polar surface area (TPSA) is 62.2 Å². The zero-order chi connectivity index (χ0) is 16.9. The third-order valence-corrected chi connectivity index (χ3v) is 4.47. The maximum absolute atomic E-state index is 12.2. The predicted molar refractivity (Wildman–Crippen MR) is 95.0 cm³/mol. The summed E-state index contributed by atoms with van der Waals surface area (Å²) in [5.41, 5.74) is 2.13. The second kappa shape index (κ2) is 7.49. The average Bonchev–Trinajstić information content (AvgIpc) is 3.19. The quantitative estimate of drug-likeness (QED) is 0.887. The molecule has 6 nitrogen and oxygen atoms in total. The SMILES string of the molecule is Cc1cc(NC(=O)NC[C@H](c2ccccc2)N2CCCC2)n(C)n1. The van der Waals surface area contributed by atoms with E-state index >= 15 is 0 Å². The normalized spacial score (nSPS) is 16.1. The molecule has 0 spiro atoms. The van der Waals surface area contributed by atoms with Crippen LogP contribution in [-0.2, 0) is 7.05 Å². The maximum atomic E-state index is 12.2. The van der Waals surface area contributed by atoms with E-state index in [1.807, 2.05) is 26.1 Å². The number of likely N-dealkylation sites (tertiary alicyclic amines) is 1. The third kappa shape index (κ3) is 3.94. The van der Waals surface area contributed by atoms with Crippen LogP contribution < -0.4 is 10.6 Å². The van der Waals surface area contributed by atoms with Crippen LogP contribution in [0, 0.1) is 6.92 Å². The molecule has 128 valence electrons. The highest BCUT2D eigenvalue weighted by Crippen LogP contribution is 2.24. The first-order valence-electron chi connectivity index (χ1n) is 8.48. The minimum Gasteiger partial charge on any atom is -0.336 e. The van der Waals surface area contributed by atoms with Gasteiger partial charge in [0.1, 0.15) is 5.82 Å². The zero-order valence-electron chi connectivity index (χ0n) is 14.3. The van der Waals surface area contributed by atoms with Gasteiger partial charge in [-0.15, -0.1) is 0 Å². The molecule has 1 aliphatic heterocycles. The second-order valence-electron chi connectivity index (χ2n) is 6.30. The summed E-state index contributed by atoms with van der Waals surface area (Å²) in [6.07, 6.45) is 2.45. The van der Waals surface area contributed by atoms with E-state index < -0.39 is 0 Å². The van der Waals surface area contributed by atoms with Gasteiger partial charge in [0.2, 0.25) is 0 Å². The van der Waals surface area contributed by atoms with Gasteiger partial charge >= 0.3 is 6.03 Å². The van der Waals surface area contributed by atoms with Crippen LogP contribution >= 0.6 is 0 Å². The molecule has 1 aromatic carbocycles. The molecule has 1 aromatic heterocycles. The lowest BCUT2D eigenvalue weighted by Gasteiger charge is -2.28. The number of carbonyl (C=O) groups is 1. The number of aromatic nitrogens is 2. The summed E-state index contributed by atoms with van der Waals surface area (Å²) in [5.74, 6) is 0.697. The lowest BCUT2D eigenvalue weighted by Crippen LogP contribution is -2.38. The van der Waals surface area contributed by atoms with Crippen LogP contribution in [0.5, 0.6) is 0 Å². The molecule has 2 aromatic rings. The van der Waals surface area contributed by atoms with Crippen molar-refractivity contribution in [1.82, 2.24) is 20.0 Å². The maximum Gasteiger partial charge on any atom is 0.320 e. The minimum atomic E-state index is -0.196. The first kappa shape index (κ1) is 16.5. The van der Waals surface area contributed by atoms with Crippen LogP contribution in [0.15, 0.2) is 36.4 Å². The molecule has 1 fully saturated rings. The number of urea groups is 1. The van der Waals surface area contributed by atoms with Crippen molar-refractivity contribution in [3.05, 3.63) is 47.7 Å². The lowest BCUT2D eigenvalue weighted by molar-refractivity contribution is 0.227. The molecule has 1 atom stereocenters. The Morgan fingerprint density at radius 1 is 1.25 bits per heavy atom. The number of hydrogen-bond acceptors (Lipinski definition) is 3. The van der Waals surface area contributed by atoms with Crippen molar-refractivity contribution in [1.29, 1.82) is 0 Å². The standard InChI is InChI=1S/C18H25N5O/c1-14-12-17(22(2)21-14)20-18(24)19-13-16(23-10-6-7-11-23)15-8-4-3-5-9-15/h3-5,8-9,12,16H,6-7,10-11,13H2,1-2H3,(H2,19,20,24)/t16-/m1/s1. The van der Waals surface area contributed by atoms with Crippen molar-refractivity contribution >= 4 is 11.8 Å². The number of hydrogen-bond donors (Lipinski definition) is 2. The Hall–Kier alpha value is -2.34. The smallest absolute Gasteiger partial charge is 0.320 e. The molecule has 2 heterocycles. The van der Waals surface area contributed by atoms with Crippen molar-refractivity contribution in [2.24, 2.45) is 7.05 Å². The van der Waals surface area contributed by atoms with Gasteiger partial charge < -0.3 is 5.32 Å². The highest BCUT2D eigenvalue weighted by Gasteiger charge is 2.23. The summed E-state index contributed by atoms with van der Waals surface area (Å²) < 4.78 is 1.67. The number of nitrogens with one attached hydrogen (secondary N) is 2. The fraction of sp³-hybridized carbons (Fsp3) is 0.444. The van der Waals surface area contributed by atoms with Crippen molar-refractivity contribution < 1.29 is 4.79 Å². The van der Waals surface area contributed by atoms with Gasteiger partial charge in [0.05, 0.1) is 11.7 Å². The first-order chi connectivity index (χ1) is 11.6. The fourth-order valence-corrected chi connectivity index (χ4v) is 3.26. The Labute approximate surface area is 142 Å². The van der Waals surface area contributed by atoms with Crippen LogP contribution in [0.25, 0.3) is 0 Å². The Morgan fingerprint density at radius 2 is 1.96 bits per heavy atom. The van der Waals surface area contributed by atoms with E-state index in [2.05, 4.69) is 44.9 Å². The summed E-state index contributed by atoms with van der Waals surface area (Å²) in [6.45, 7) is 4.67. The average molecular weight is 327 g/mol. The number of aryl methyl sites for hydroxylation is 2. The molecule has 0 radical (unpaired) electrons. The first-order valence-corrected chi connectivity index (χ1v) is 8.48. The minimum absolute atomic E-state index is 0.196. The molecule has 0 unspecified atom stereocenters. The number of benzene rings is 1. The number of nitrogens with zero attached hydrogens (tertiary/aromatic N) is 3. The monoisotopic (exact) mass is 327 g/mol. The van der Waals surface area contributed by atoms with Crippen LogP contribution in [-0.4, -0.2) is 40.3 Å². The lowest BCUT2D eigenvalue weighted by atomic mass is 10.1. The van der Waals surface area contributed by atoms with Crippen LogP contribution in [0.3, 0.4) is 0 Å². The zero-order valence-corrected chi connectivity index (χ0v) is 14.3. The van der Waals surface area contributed by atoms with Crippen molar-refractivity contribution in [2.45, 2.75) is 25.8 Å². The highest BCUT2D eigenvalue weighted by molar-refractivity contribution is 5.88. The van der Waals surface area contributed by atoms with Crippen LogP contribution in [0.2, 0.25) is 0 Å². The van der Waals surface area contributed by atoms with Gasteiger partial charge in [0, 0.05) is 19.7 Å². The van der Waals surface area contributed by atoms with E-state index in [1.54, 1.807) is 4.68 Å². The van der Waals surface area contributed by atoms with Gasteiger partial charge in [-0.25, -0.2) is 4.79 Å².